The third-order valence-electron chi connectivity index (χ3n) is 3.58. The summed E-state index contributed by atoms with van der Waals surface area (Å²) in [7, 11) is -3.64. The van der Waals surface area contributed by atoms with E-state index in [1.807, 2.05) is 0 Å². The van der Waals surface area contributed by atoms with Crippen molar-refractivity contribution < 1.29 is 18.3 Å². The Hall–Kier alpha value is -2.21. The molecule has 11 heteroatoms. The van der Waals surface area contributed by atoms with Crippen LogP contribution in [0.15, 0.2) is 72.2 Å². The summed E-state index contributed by atoms with van der Waals surface area (Å²) in [5.74, 6) is -0.383. The molecule has 3 N–H and O–H groups in total. The number of rotatable bonds is 6. The number of carbonyl (C=O) groups is 1. The number of benzene rings is 2. The van der Waals surface area contributed by atoms with E-state index in [-0.39, 0.29) is 9.96 Å². The van der Waals surface area contributed by atoms with Gasteiger partial charge in [-0.3, -0.25) is 9.52 Å². The first-order valence-corrected chi connectivity index (χ1v) is 11.9. The molecule has 0 spiro atoms. The SMILES string of the molecule is O=C(N/N=C\c1cc(Br)c(O)c(Br)c1)c1ccc(NS(=O)(=O)c2cccs2)cc1. The Kier molecular flexibility index (Phi) is 6.73. The molecule has 0 aliphatic heterocycles. The number of phenolic OH excluding ortho intramolecular Hbond substituents is 1. The van der Waals surface area contributed by atoms with E-state index in [2.05, 4.69) is 47.1 Å². The fraction of sp³-hybridized carbons (Fsp3) is 0. The number of sulfonamides is 1. The molecule has 150 valence electrons. The van der Waals surface area contributed by atoms with Crippen molar-refractivity contribution in [2.75, 3.05) is 4.72 Å². The Labute approximate surface area is 187 Å². The molecular weight excluding hydrogens is 546 g/mol. The first-order chi connectivity index (χ1) is 13.8. The van der Waals surface area contributed by atoms with E-state index in [0.29, 0.717) is 25.8 Å². The molecule has 0 radical (unpaired) electrons. The summed E-state index contributed by atoms with van der Waals surface area (Å²) in [6, 6.07) is 12.4. The lowest BCUT2D eigenvalue weighted by Crippen LogP contribution is -2.17. The fourth-order valence-corrected chi connectivity index (χ4v) is 5.47. The molecule has 0 unspecified atom stereocenters. The fourth-order valence-electron chi connectivity index (χ4n) is 2.20. The standard InChI is InChI=1S/C18H13Br2N3O4S2/c19-14-8-11(9-15(20)17(14)24)10-21-22-18(25)12-3-5-13(6-4-12)23-29(26,27)16-2-1-7-28-16/h1-10,23-24H,(H,22,25)/b21-10-. The van der Waals surface area contributed by atoms with Crippen LogP contribution in [0.5, 0.6) is 5.75 Å². The monoisotopic (exact) mass is 557 g/mol. The molecule has 7 nitrogen and oxygen atoms in total. The van der Waals surface area contributed by atoms with Crippen molar-refractivity contribution in [3.63, 3.8) is 0 Å². The molecule has 2 aromatic carbocycles. The van der Waals surface area contributed by atoms with E-state index >= 15 is 0 Å². The summed E-state index contributed by atoms with van der Waals surface area (Å²) in [6.07, 6.45) is 1.43. The highest BCUT2D eigenvalue weighted by molar-refractivity contribution is 9.11. The number of carbonyl (C=O) groups excluding carboxylic acids is 1. The lowest BCUT2D eigenvalue weighted by Gasteiger charge is -2.07. The number of amides is 1. The van der Waals surface area contributed by atoms with Gasteiger partial charge in [0.15, 0.2) is 0 Å². The molecule has 1 heterocycles. The van der Waals surface area contributed by atoms with Crippen molar-refractivity contribution in [1.29, 1.82) is 0 Å². The van der Waals surface area contributed by atoms with Crippen LogP contribution in [-0.4, -0.2) is 25.6 Å². The molecule has 0 saturated heterocycles. The predicted octanol–water partition coefficient (Wildman–Crippen LogP) is 4.54. The van der Waals surface area contributed by atoms with Crippen LogP contribution in [0.1, 0.15) is 15.9 Å². The summed E-state index contributed by atoms with van der Waals surface area (Å²) >= 11 is 7.55. The van der Waals surface area contributed by atoms with E-state index < -0.39 is 15.9 Å². The van der Waals surface area contributed by atoms with Crippen molar-refractivity contribution in [2.45, 2.75) is 4.21 Å². The first kappa shape index (κ1) is 21.5. The highest BCUT2D eigenvalue weighted by Crippen LogP contribution is 2.32. The first-order valence-electron chi connectivity index (χ1n) is 7.94. The highest BCUT2D eigenvalue weighted by Gasteiger charge is 2.15. The van der Waals surface area contributed by atoms with Gasteiger partial charge in [0.2, 0.25) is 0 Å². The number of hydrazone groups is 1. The highest BCUT2D eigenvalue weighted by atomic mass is 79.9. The molecule has 29 heavy (non-hydrogen) atoms. The van der Waals surface area contributed by atoms with Gasteiger partial charge in [-0.1, -0.05) is 6.07 Å². The summed E-state index contributed by atoms with van der Waals surface area (Å²) in [6.45, 7) is 0. The van der Waals surface area contributed by atoms with Crippen LogP contribution in [0.3, 0.4) is 0 Å². The maximum atomic E-state index is 12.2. The molecule has 0 saturated carbocycles. The molecule has 1 aromatic heterocycles. The van der Waals surface area contributed by atoms with Gasteiger partial charge in [-0.2, -0.15) is 5.10 Å². The van der Waals surface area contributed by atoms with Gasteiger partial charge in [-0.25, -0.2) is 13.8 Å². The zero-order valence-electron chi connectivity index (χ0n) is 14.5. The molecule has 3 aromatic rings. The van der Waals surface area contributed by atoms with Crippen LogP contribution in [0.4, 0.5) is 5.69 Å². The second kappa shape index (κ2) is 9.08. The van der Waals surface area contributed by atoms with Gasteiger partial charge in [-0.05, 0) is 85.3 Å². The lowest BCUT2D eigenvalue weighted by molar-refractivity contribution is 0.0955. The minimum absolute atomic E-state index is 0.0703. The van der Waals surface area contributed by atoms with Gasteiger partial charge < -0.3 is 5.11 Å². The minimum Gasteiger partial charge on any atom is -0.506 e. The van der Waals surface area contributed by atoms with Crippen LogP contribution in [0, 0.1) is 0 Å². The van der Waals surface area contributed by atoms with Gasteiger partial charge in [0.1, 0.15) is 9.96 Å². The molecule has 3 rings (SSSR count). The zero-order chi connectivity index (χ0) is 21.0. The van der Waals surface area contributed by atoms with Crippen LogP contribution in [-0.2, 0) is 10.0 Å². The number of nitrogens with zero attached hydrogens (tertiary/aromatic N) is 1. The quantitative estimate of drug-likeness (QED) is 0.305. The Morgan fingerprint density at radius 2 is 1.76 bits per heavy atom. The van der Waals surface area contributed by atoms with Crippen molar-refractivity contribution in [3.05, 3.63) is 74.0 Å². The average molecular weight is 559 g/mol. The summed E-state index contributed by atoms with van der Waals surface area (Å²) in [4.78, 5) is 12.2. The van der Waals surface area contributed by atoms with Crippen LogP contribution < -0.4 is 10.1 Å². The third kappa shape index (κ3) is 5.44. The van der Waals surface area contributed by atoms with Crippen LogP contribution in [0.25, 0.3) is 0 Å². The van der Waals surface area contributed by atoms with Crippen molar-refractivity contribution in [3.8, 4) is 5.75 Å². The predicted molar refractivity (Wildman–Crippen MR) is 120 cm³/mol. The molecule has 0 atom stereocenters. The molecule has 0 aliphatic carbocycles. The number of hydrogen-bond donors (Lipinski definition) is 3. The second-order valence-electron chi connectivity index (χ2n) is 5.65. The molecule has 1 amide bonds. The number of anilines is 1. The van der Waals surface area contributed by atoms with Gasteiger partial charge in [0, 0.05) is 11.3 Å². The Morgan fingerprint density at radius 3 is 2.34 bits per heavy atom. The van der Waals surface area contributed by atoms with E-state index in [1.54, 1.807) is 23.6 Å². The number of aromatic hydroxyl groups is 1. The summed E-state index contributed by atoms with van der Waals surface area (Å²) in [5.41, 5.74) is 3.70. The number of hydrogen-bond acceptors (Lipinski definition) is 6. The number of thiophene rings is 1. The van der Waals surface area contributed by atoms with E-state index in [9.17, 15) is 18.3 Å². The van der Waals surface area contributed by atoms with Crippen molar-refractivity contribution >= 4 is 71.0 Å². The zero-order valence-corrected chi connectivity index (χ0v) is 19.3. The number of nitrogens with one attached hydrogen (secondary N) is 2. The van der Waals surface area contributed by atoms with Crippen LogP contribution >= 0.6 is 43.2 Å². The van der Waals surface area contributed by atoms with Gasteiger partial charge in [0.05, 0.1) is 15.2 Å². The van der Waals surface area contributed by atoms with Gasteiger partial charge >= 0.3 is 0 Å². The summed E-state index contributed by atoms with van der Waals surface area (Å²) in [5, 5.41) is 15.3. The molecule has 0 fully saturated rings. The third-order valence-corrected chi connectivity index (χ3v) is 7.57. The normalized spacial score (nSPS) is 11.5. The van der Waals surface area contributed by atoms with Gasteiger partial charge in [0.25, 0.3) is 15.9 Å². The number of halogens is 2. The largest absolute Gasteiger partial charge is 0.506 e. The van der Waals surface area contributed by atoms with Gasteiger partial charge in [-0.15, -0.1) is 11.3 Å². The van der Waals surface area contributed by atoms with Crippen molar-refractivity contribution in [1.82, 2.24) is 5.43 Å². The Morgan fingerprint density at radius 1 is 1.10 bits per heavy atom. The topological polar surface area (TPSA) is 108 Å². The number of phenols is 1. The van der Waals surface area contributed by atoms with E-state index in [1.165, 1.54) is 36.5 Å². The Bertz CT molecular complexity index is 1140. The summed E-state index contributed by atoms with van der Waals surface area (Å²) < 4.78 is 28.1. The Balaban J connectivity index is 1.63. The average Bonchev–Trinajstić information content (AvgIpc) is 3.22. The second-order valence-corrected chi connectivity index (χ2v) is 10.2. The molecular formula is C18H13Br2N3O4S2. The van der Waals surface area contributed by atoms with E-state index in [4.69, 9.17) is 0 Å². The molecule has 0 bridgehead atoms. The lowest BCUT2D eigenvalue weighted by atomic mass is 10.2. The smallest absolute Gasteiger partial charge is 0.271 e. The maximum absolute atomic E-state index is 12.2. The van der Waals surface area contributed by atoms with E-state index in [0.717, 1.165) is 11.3 Å². The maximum Gasteiger partial charge on any atom is 0.271 e. The van der Waals surface area contributed by atoms with Crippen molar-refractivity contribution in [2.24, 2.45) is 5.10 Å². The minimum atomic E-state index is -3.64. The van der Waals surface area contributed by atoms with Crippen LogP contribution in [0.2, 0.25) is 0 Å². The molecule has 0 aliphatic rings.